The number of nitrogens with zero attached hydrogens (tertiary/aromatic N) is 1. The summed E-state index contributed by atoms with van der Waals surface area (Å²) in [5, 5.41) is 11.3. The first kappa shape index (κ1) is 15.6. The molecule has 0 fully saturated rings. The largest absolute Gasteiger partial charge is 0.480 e. The Hall–Kier alpha value is -1.44. The molecule has 3 amide bonds. The molecule has 0 rings (SSSR count). The Morgan fingerprint density at radius 1 is 1.41 bits per heavy atom. The van der Waals surface area contributed by atoms with E-state index in [0.717, 1.165) is 4.90 Å². The Labute approximate surface area is 104 Å². The normalized spacial score (nSPS) is 11.6. The highest BCUT2D eigenvalue weighted by Gasteiger charge is 2.18. The van der Waals surface area contributed by atoms with E-state index in [1.807, 2.05) is 13.2 Å². The number of rotatable bonds is 7. The number of urea groups is 1. The number of primary amides is 1. The van der Waals surface area contributed by atoms with Crippen LogP contribution < -0.4 is 11.1 Å². The fraction of sp³-hybridized carbons (Fsp3) is 0.667. The van der Waals surface area contributed by atoms with E-state index < -0.39 is 31.0 Å². The minimum atomic E-state index is -1.20. The van der Waals surface area contributed by atoms with Crippen molar-refractivity contribution in [2.75, 3.05) is 25.9 Å². The highest BCUT2D eigenvalue weighted by molar-refractivity contribution is 7.99. The summed E-state index contributed by atoms with van der Waals surface area (Å²) in [6.07, 6.45) is 1.90. The number of carboxylic acids is 1. The molecule has 0 aliphatic rings. The maximum absolute atomic E-state index is 11.6. The minimum absolute atomic E-state index is 0.208. The molecular formula is C9H17N3O4S. The maximum atomic E-state index is 11.6. The third kappa shape index (κ3) is 7.45. The molecule has 0 heterocycles. The van der Waals surface area contributed by atoms with Crippen LogP contribution in [0.25, 0.3) is 0 Å². The van der Waals surface area contributed by atoms with Crippen molar-refractivity contribution in [3.8, 4) is 0 Å². The van der Waals surface area contributed by atoms with Crippen molar-refractivity contribution < 1.29 is 19.5 Å². The number of nitrogens with two attached hydrogens (primary N) is 1. The summed E-state index contributed by atoms with van der Waals surface area (Å²) in [6, 6.07) is -0.605. The van der Waals surface area contributed by atoms with E-state index in [2.05, 4.69) is 5.32 Å². The Morgan fingerprint density at radius 2 is 2.00 bits per heavy atom. The van der Waals surface area contributed by atoms with Crippen LogP contribution in [0.5, 0.6) is 0 Å². The minimum Gasteiger partial charge on any atom is -0.480 e. The zero-order chi connectivity index (χ0) is 13.4. The van der Waals surface area contributed by atoms with Gasteiger partial charge >= 0.3 is 12.0 Å². The summed E-state index contributed by atoms with van der Waals surface area (Å²) in [6.45, 7) is 1.35. The van der Waals surface area contributed by atoms with Crippen molar-refractivity contribution in [3.63, 3.8) is 0 Å². The molecule has 0 bridgehead atoms. The first-order valence-corrected chi connectivity index (χ1v) is 6.21. The lowest BCUT2D eigenvalue weighted by Gasteiger charge is -2.20. The van der Waals surface area contributed by atoms with Gasteiger partial charge in [-0.2, -0.15) is 11.8 Å². The lowest BCUT2D eigenvalue weighted by atomic mass is 10.4. The molecule has 0 saturated heterocycles. The van der Waals surface area contributed by atoms with Crippen LogP contribution in [0, 0.1) is 0 Å². The number of hydrogen-bond donors (Lipinski definition) is 3. The Bertz CT molecular complexity index is 282. The van der Waals surface area contributed by atoms with Crippen molar-refractivity contribution in [1.82, 2.24) is 10.2 Å². The second-order valence-electron chi connectivity index (χ2n) is 3.45. The summed E-state index contributed by atoms with van der Waals surface area (Å²) in [7, 11) is 0. The van der Waals surface area contributed by atoms with Crippen molar-refractivity contribution in [2.24, 2.45) is 5.73 Å². The number of aliphatic carboxylic acids is 1. The molecule has 17 heavy (non-hydrogen) atoms. The molecule has 7 nitrogen and oxygen atoms in total. The SMILES string of the molecule is CSC(C)CNC(=O)N(CC(N)=O)CC(=O)O. The average Bonchev–Trinajstić information content (AvgIpc) is 2.23. The molecule has 0 aliphatic heterocycles. The molecule has 8 heteroatoms. The molecule has 0 radical (unpaired) electrons. The predicted octanol–water partition coefficient (Wildman–Crippen LogP) is -0.681. The van der Waals surface area contributed by atoms with Gasteiger partial charge in [-0.3, -0.25) is 9.59 Å². The Kier molecular flexibility index (Phi) is 7.11. The van der Waals surface area contributed by atoms with E-state index in [0.29, 0.717) is 6.54 Å². The second kappa shape index (κ2) is 7.77. The van der Waals surface area contributed by atoms with Crippen molar-refractivity contribution in [1.29, 1.82) is 0 Å². The standard InChI is InChI=1S/C9H17N3O4S/c1-6(17-2)3-11-9(16)12(4-7(10)13)5-8(14)15/h6H,3-5H2,1-2H3,(H2,10,13)(H,11,16)(H,14,15). The number of carbonyl (C=O) groups excluding carboxylic acids is 2. The molecule has 1 unspecified atom stereocenters. The van der Waals surface area contributed by atoms with Gasteiger partial charge in [0.05, 0.1) is 0 Å². The molecule has 0 saturated carbocycles. The fourth-order valence-electron chi connectivity index (χ4n) is 0.977. The summed E-state index contributed by atoms with van der Waals surface area (Å²) in [5.74, 6) is -1.95. The van der Waals surface area contributed by atoms with Crippen LogP contribution in [0.4, 0.5) is 4.79 Å². The molecule has 0 aromatic carbocycles. The van der Waals surface area contributed by atoms with Gasteiger partial charge in [0, 0.05) is 11.8 Å². The van der Waals surface area contributed by atoms with E-state index in [-0.39, 0.29) is 5.25 Å². The predicted molar refractivity (Wildman–Crippen MR) is 64.8 cm³/mol. The topological polar surface area (TPSA) is 113 Å². The van der Waals surface area contributed by atoms with Crippen molar-refractivity contribution in [3.05, 3.63) is 0 Å². The van der Waals surface area contributed by atoms with E-state index in [1.54, 1.807) is 11.8 Å². The summed E-state index contributed by atoms with van der Waals surface area (Å²) >= 11 is 1.57. The molecule has 98 valence electrons. The lowest BCUT2D eigenvalue weighted by molar-refractivity contribution is -0.137. The highest BCUT2D eigenvalue weighted by atomic mass is 32.2. The number of amides is 3. The van der Waals surface area contributed by atoms with Gasteiger partial charge in [0.1, 0.15) is 13.1 Å². The van der Waals surface area contributed by atoms with Gasteiger partial charge in [-0.05, 0) is 6.26 Å². The highest BCUT2D eigenvalue weighted by Crippen LogP contribution is 2.02. The van der Waals surface area contributed by atoms with Gasteiger partial charge in [0.25, 0.3) is 0 Å². The van der Waals surface area contributed by atoms with Gasteiger partial charge in [0.2, 0.25) is 5.91 Å². The second-order valence-corrected chi connectivity index (χ2v) is 4.72. The number of thioether (sulfide) groups is 1. The fourth-order valence-corrected chi connectivity index (χ4v) is 1.23. The summed E-state index contributed by atoms with van der Waals surface area (Å²) in [4.78, 5) is 33.6. The lowest BCUT2D eigenvalue weighted by Crippen LogP contribution is -2.47. The molecule has 0 spiro atoms. The molecule has 0 aromatic heterocycles. The van der Waals surface area contributed by atoms with Gasteiger partial charge < -0.3 is 21.1 Å². The van der Waals surface area contributed by atoms with Crippen LogP contribution >= 0.6 is 11.8 Å². The van der Waals surface area contributed by atoms with Gasteiger partial charge in [-0.25, -0.2) is 4.79 Å². The number of hydrogen-bond acceptors (Lipinski definition) is 4. The van der Waals surface area contributed by atoms with E-state index >= 15 is 0 Å². The van der Waals surface area contributed by atoms with Crippen LogP contribution in [0.15, 0.2) is 0 Å². The monoisotopic (exact) mass is 263 g/mol. The van der Waals surface area contributed by atoms with E-state index in [1.165, 1.54) is 0 Å². The van der Waals surface area contributed by atoms with Crippen LogP contribution in [0.2, 0.25) is 0 Å². The Morgan fingerprint density at radius 3 is 2.41 bits per heavy atom. The van der Waals surface area contributed by atoms with E-state index in [9.17, 15) is 14.4 Å². The molecule has 0 aromatic rings. The first-order valence-electron chi connectivity index (χ1n) is 4.92. The third-order valence-electron chi connectivity index (χ3n) is 1.90. The van der Waals surface area contributed by atoms with Crippen LogP contribution in [0.1, 0.15) is 6.92 Å². The molecule has 1 atom stereocenters. The zero-order valence-electron chi connectivity index (χ0n) is 9.80. The quantitative estimate of drug-likeness (QED) is 0.563. The number of carboxylic acid groups (broad SMARTS) is 1. The molecule has 4 N–H and O–H groups in total. The summed E-state index contributed by atoms with van der Waals surface area (Å²) in [5.41, 5.74) is 4.93. The maximum Gasteiger partial charge on any atom is 0.323 e. The Balaban J connectivity index is 4.31. The average molecular weight is 263 g/mol. The van der Waals surface area contributed by atoms with E-state index in [4.69, 9.17) is 10.8 Å². The number of carbonyl (C=O) groups is 3. The van der Waals surface area contributed by atoms with Gasteiger partial charge in [0.15, 0.2) is 0 Å². The van der Waals surface area contributed by atoms with Crippen LogP contribution in [0.3, 0.4) is 0 Å². The van der Waals surface area contributed by atoms with Crippen LogP contribution in [-0.4, -0.2) is 59.1 Å². The zero-order valence-corrected chi connectivity index (χ0v) is 10.6. The van der Waals surface area contributed by atoms with Crippen molar-refractivity contribution >= 4 is 29.7 Å². The summed E-state index contributed by atoms with van der Waals surface area (Å²) < 4.78 is 0. The molecular weight excluding hydrogens is 246 g/mol. The van der Waals surface area contributed by atoms with Gasteiger partial charge in [-0.1, -0.05) is 6.92 Å². The van der Waals surface area contributed by atoms with Crippen LogP contribution in [-0.2, 0) is 9.59 Å². The van der Waals surface area contributed by atoms with Crippen molar-refractivity contribution in [2.45, 2.75) is 12.2 Å². The third-order valence-corrected chi connectivity index (χ3v) is 2.87. The van der Waals surface area contributed by atoms with Gasteiger partial charge in [-0.15, -0.1) is 0 Å². The number of nitrogens with one attached hydrogen (secondary N) is 1. The first-order chi connectivity index (χ1) is 7.86. The smallest absolute Gasteiger partial charge is 0.323 e. The molecule has 0 aliphatic carbocycles.